The van der Waals surface area contributed by atoms with Crippen LogP contribution in [0.1, 0.15) is 44.9 Å². The largest absolute Gasteiger partial charge is 0.406 e. The fraction of sp³-hybridized carbons (Fsp3) is 0.923. The van der Waals surface area contributed by atoms with E-state index in [1.54, 1.807) is 0 Å². The Labute approximate surface area is 120 Å². The Kier molecular flexibility index (Phi) is 7.18. The van der Waals surface area contributed by atoms with E-state index in [0.29, 0.717) is 5.33 Å². The Hall–Kier alpha value is -0.260. The molecule has 2 nitrogen and oxygen atoms in total. The molecular weight excluding hydrogens is 323 g/mol. The van der Waals surface area contributed by atoms with E-state index in [1.807, 2.05) is 0 Å². The minimum atomic E-state index is -4.32. The SMILES string of the molecule is O=C(CC1CCCCCC1)N(CCBr)CC(F)(F)F. The Morgan fingerprint density at radius 3 is 2.21 bits per heavy atom. The van der Waals surface area contributed by atoms with Crippen LogP contribution in [0, 0.1) is 5.92 Å². The van der Waals surface area contributed by atoms with Gasteiger partial charge in [0.15, 0.2) is 0 Å². The van der Waals surface area contributed by atoms with Gasteiger partial charge in [-0.05, 0) is 18.8 Å². The third-order valence-electron chi connectivity index (χ3n) is 3.52. The van der Waals surface area contributed by atoms with E-state index in [1.165, 1.54) is 12.8 Å². The lowest BCUT2D eigenvalue weighted by atomic mass is 9.96. The van der Waals surface area contributed by atoms with E-state index in [9.17, 15) is 18.0 Å². The zero-order valence-electron chi connectivity index (χ0n) is 11.0. The number of carbonyl (C=O) groups excluding carboxylic acids is 1. The summed E-state index contributed by atoms with van der Waals surface area (Å²) in [5.41, 5.74) is 0. The molecule has 0 aliphatic heterocycles. The number of nitrogens with zero attached hydrogens (tertiary/aromatic N) is 1. The summed E-state index contributed by atoms with van der Waals surface area (Å²) in [6.45, 7) is -1.02. The molecule has 0 aromatic heterocycles. The monoisotopic (exact) mass is 343 g/mol. The second-order valence-electron chi connectivity index (χ2n) is 5.18. The number of rotatable bonds is 5. The molecule has 19 heavy (non-hydrogen) atoms. The maximum absolute atomic E-state index is 12.4. The fourth-order valence-electron chi connectivity index (χ4n) is 2.55. The Morgan fingerprint density at radius 2 is 1.74 bits per heavy atom. The number of hydrogen-bond acceptors (Lipinski definition) is 1. The van der Waals surface area contributed by atoms with Crippen LogP contribution in [0.2, 0.25) is 0 Å². The lowest BCUT2D eigenvalue weighted by Gasteiger charge is -2.25. The molecule has 1 rings (SSSR count). The molecule has 6 heteroatoms. The molecule has 0 heterocycles. The van der Waals surface area contributed by atoms with Gasteiger partial charge in [-0.1, -0.05) is 41.6 Å². The number of carbonyl (C=O) groups is 1. The molecule has 0 atom stereocenters. The van der Waals surface area contributed by atoms with Crippen LogP contribution in [0.5, 0.6) is 0 Å². The quantitative estimate of drug-likeness (QED) is 0.542. The van der Waals surface area contributed by atoms with Gasteiger partial charge in [0.2, 0.25) is 5.91 Å². The summed E-state index contributed by atoms with van der Waals surface area (Å²) in [5.74, 6) is -0.0928. The molecule has 0 aromatic carbocycles. The zero-order valence-corrected chi connectivity index (χ0v) is 12.6. The van der Waals surface area contributed by atoms with Crippen molar-refractivity contribution in [3.8, 4) is 0 Å². The van der Waals surface area contributed by atoms with Crippen molar-refractivity contribution in [1.82, 2.24) is 4.90 Å². The van der Waals surface area contributed by atoms with Crippen molar-refractivity contribution in [2.24, 2.45) is 5.92 Å². The normalized spacial score (nSPS) is 18.1. The molecule has 0 saturated heterocycles. The smallest absolute Gasteiger partial charge is 0.333 e. The highest BCUT2D eigenvalue weighted by Gasteiger charge is 2.33. The highest BCUT2D eigenvalue weighted by molar-refractivity contribution is 9.09. The summed E-state index contributed by atoms with van der Waals surface area (Å²) in [6, 6.07) is 0. The Bertz CT molecular complexity index is 276. The van der Waals surface area contributed by atoms with Crippen LogP contribution >= 0.6 is 15.9 Å². The molecule has 1 aliphatic rings. The van der Waals surface area contributed by atoms with Gasteiger partial charge in [0, 0.05) is 18.3 Å². The molecule has 0 bridgehead atoms. The van der Waals surface area contributed by atoms with E-state index >= 15 is 0 Å². The van der Waals surface area contributed by atoms with Crippen LogP contribution in [-0.4, -0.2) is 35.4 Å². The van der Waals surface area contributed by atoms with Crippen molar-refractivity contribution in [2.45, 2.75) is 51.1 Å². The molecule has 112 valence electrons. The summed E-state index contributed by atoms with van der Waals surface area (Å²) in [5, 5.41) is 0.374. The van der Waals surface area contributed by atoms with Crippen molar-refractivity contribution >= 4 is 21.8 Å². The van der Waals surface area contributed by atoms with Gasteiger partial charge < -0.3 is 4.90 Å². The lowest BCUT2D eigenvalue weighted by Crippen LogP contribution is -2.40. The Morgan fingerprint density at radius 1 is 1.16 bits per heavy atom. The van der Waals surface area contributed by atoms with Gasteiger partial charge in [-0.15, -0.1) is 0 Å². The number of amides is 1. The second kappa shape index (κ2) is 8.12. The maximum atomic E-state index is 12.4. The number of alkyl halides is 4. The minimum Gasteiger partial charge on any atom is -0.333 e. The first-order chi connectivity index (χ1) is 8.92. The van der Waals surface area contributed by atoms with Crippen molar-refractivity contribution in [1.29, 1.82) is 0 Å². The summed E-state index contributed by atoms with van der Waals surface area (Å²) in [4.78, 5) is 12.9. The van der Waals surface area contributed by atoms with Crippen LogP contribution in [0.15, 0.2) is 0 Å². The first-order valence-electron chi connectivity index (χ1n) is 6.83. The van der Waals surface area contributed by atoms with Crippen LogP contribution in [-0.2, 0) is 4.79 Å². The molecule has 1 aliphatic carbocycles. The molecule has 0 radical (unpaired) electrons. The maximum Gasteiger partial charge on any atom is 0.406 e. The third-order valence-corrected chi connectivity index (χ3v) is 3.87. The van der Waals surface area contributed by atoms with Gasteiger partial charge in [-0.2, -0.15) is 13.2 Å². The van der Waals surface area contributed by atoms with Crippen LogP contribution in [0.3, 0.4) is 0 Å². The fourth-order valence-corrected chi connectivity index (χ4v) is 2.98. The molecular formula is C13H21BrF3NO. The van der Waals surface area contributed by atoms with E-state index in [4.69, 9.17) is 0 Å². The molecule has 1 saturated carbocycles. The van der Waals surface area contributed by atoms with Gasteiger partial charge in [-0.25, -0.2) is 0 Å². The topological polar surface area (TPSA) is 20.3 Å². The van der Waals surface area contributed by atoms with E-state index in [0.717, 1.165) is 30.6 Å². The highest BCUT2D eigenvalue weighted by Crippen LogP contribution is 2.26. The Balaban J connectivity index is 2.50. The number of halogens is 4. The zero-order chi connectivity index (χ0) is 14.3. The van der Waals surface area contributed by atoms with Gasteiger partial charge in [0.1, 0.15) is 6.54 Å². The van der Waals surface area contributed by atoms with Crippen molar-refractivity contribution in [3.05, 3.63) is 0 Å². The summed E-state index contributed by atoms with van der Waals surface area (Å²) < 4.78 is 37.3. The molecule has 0 N–H and O–H groups in total. The summed E-state index contributed by atoms with van der Waals surface area (Å²) >= 11 is 3.10. The summed E-state index contributed by atoms with van der Waals surface area (Å²) in [7, 11) is 0. The minimum absolute atomic E-state index is 0.116. The van der Waals surface area contributed by atoms with Crippen LogP contribution in [0.4, 0.5) is 13.2 Å². The van der Waals surface area contributed by atoms with Crippen molar-refractivity contribution in [2.75, 3.05) is 18.4 Å². The summed E-state index contributed by atoms with van der Waals surface area (Å²) in [6.07, 6.45) is 2.44. The van der Waals surface area contributed by atoms with Gasteiger partial charge in [0.05, 0.1) is 0 Å². The van der Waals surface area contributed by atoms with E-state index in [-0.39, 0.29) is 24.8 Å². The molecule has 0 aromatic rings. The van der Waals surface area contributed by atoms with Gasteiger partial charge in [-0.3, -0.25) is 4.79 Å². The average molecular weight is 344 g/mol. The van der Waals surface area contributed by atoms with Crippen molar-refractivity contribution in [3.63, 3.8) is 0 Å². The molecule has 1 fully saturated rings. The van der Waals surface area contributed by atoms with Crippen LogP contribution < -0.4 is 0 Å². The standard InChI is InChI=1S/C13H21BrF3NO/c14-7-8-18(10-13(15,16)17)12(19)9-11-5-3-1-2-4-6-11/h11H,1-10H2. The predicted octanol–water partition coefficient (Wildman–Crippen LogP) is 4.13. The van der Waals surface area contributed by atoms with E-state index < -0.39 is 12.7 Å². The second-order valence-corrected chi connectivity index (χ2v) is 5.97. The van der Waals surface area contributed by atoms with Crippen LogP contribution in [0.25, 0.3) is 0 Å². The van der Waals surface area contributed by atoms with Gasteiger partial charge in [0.25, 0.3) is 0 Å². The highest BCUT2D eigenvalue weighted by atomic mass is 79.9. The van der Waals surface area contributed by atoms with E-state index in [2.05, 4.69) is 15.9 Å². The van der Waals surface area contributed by atoms with Gasteiger partial charge >= 0.3 is 6.18 Å². The van der Waals surface area contributed by atoms with Crippen molar-refractivity contribution < 1.29 is 18.0 Å². The molecule has 1 amide bonds. The third kappa shape index (κ3) is 7.18. The molecule has 0 spiro atoms. The lowest BCUT2D eigenvalue weighted by molar-refractivity contribution is -0.161. The first-order valence-corrected chi connectivity index (χ1v) is 7.95. The molecule has 0 unspecified atom stereocenters. The average Bonchev–Trinajstić information content (AvgIpc) is 2.55. The predicted molar refractivity (Wildman–Crippen MR) is 72.2 cm³/mol. The number of hydrogen-bond donors (Lipinski definition) is 0. The first kappa shape index (κ1) is 16.8.